The van der Waals surface area contributed by atoms with Gasteiger partial charge in [-0.05, 0) is 77.7 Å². The lowest BCUT2D eigenvalue weighted by molar-refractivity contribution is 0.104. The second-order valence-corrected chi connectivity index (χ2v) is 8.37. The second-order valence-electron chi connectivity index (χ2n) is 8.37. The van der Waals surface area contributed by atoms with E-state index >= 15 is 0 Å². The molecule has 2 heteroatoms. The molecular formula is C30H36O2. The summed E-state index contributed by atoms with van der Waals surface area (Å²) in [4.78, 5) is 12.3. The zero-order chi connectivity index (χ0) is 23.2. The van der Waals surface area contributed by atoms with Gasteiger partial charge >= 0.3 is 0 Å². The summed E-state index contributed by atoms with van der Waals surface area (Å²) >= 11 is 0. The minimum Gasteiger partial charge on any atom is -0.489 e. The third kappa shape index (κ3) is 9.78. The summed E-state index contributed by atoms with van der Waals surface area (Å²) in [5.74, 6) is 0.768. The van der Waals surface area contributed by atoms with Crippen LogP contribution in [0.2, 0.25) is 0 Å². The average molecular weight is 429 g/mol. The molecule has 32 heavy (non-hydrogen) atoms. The van der Waals surface area contributed by atoms with Crippen molar-refractivity contribution in [2.24, 2.45) is 0 Å². The molecule has 0 unspecified atom stereocenters. The first kappa shape index (κ1) is 25.1. The van der Waals surface area contributed by atoms with Crippen molar-refractivity contribution in [3.63, 3.8) is 0 Å². The van der Waals surface area contributed by atoms with Crippen molar-refractivity contribution in [3.8, 4) is 5.75 Å². The quantitative estimate of drug-likeness (QED) is 0.193. The SMILES string of the molecule is CC(C)=CCC/C(C)=C/CC/C(C)=C/COc1ccccc1/C=C/C(=O)c1ccccc1. The molecule has 0 saturated carbocycles. The van der Waals surface area contributed by atoms with E-state index in [2.05, 4.69) is 45.9 Å². The van der Waals surface area contributed by atoms with Gasteiger partial charge in [-0.1, -0.05) is 77.4 Å². The molecule has 0 spiro atoms. The van der Waals surface area contributed by atoms with Crippen LogP contribution in [-0.4, -0.2) is 12.4 Å². The number of ether oxygens (including phenoxy) is 1. The van der Waals surface area contributed by atoms with Gasteiger partial charge in [0, 0.05) is 11.1 Å². The van der Waals surface area contributed by atoms with Gasteiger partial charge in [0.15, 0.2) is 5.78 Å². The highest BCUT2D eigenvalue weighted by atomic mass is 16.5. The normalized spacial score (nSPS) is 12.1. The largest absolute Gasteiger partial charge is 0.489 e. The molecular weight excluding hydrogens is 392 g/mol. The molecule has 2 aromatic rings. The van der Waals surface area contributed by atoms with Gasteiger partial charge in [0.1, 0.15) is 12.4 Å². The maximum Gasteiger partial charge on any atom is 0.185 e. The fourth-order valence-electron chi connectivity index (χ4n) is 3.23. The topological polar surface area (TPSA) is 26.3 Å². The van der Waals surface area contributed by atoms with Crippen LogP contribution in [0.1, 0.15) is 69.3 Å². The van der Waals surface area contributed by atoms with Crippen molar-refractivity contribution in [1.29, 1.82) is 0 Å². The molecule has 0 radical (unpaired) electrons. The van der Waals surface area contributed by atoms with Crippen molar-refractivity contribution in [1.82, 2.24) is 0 Å². The van der Waals surface area contributed by atoms with Gasteiger partial charge in [0.2, 0.25) is 0 Å². The molecule has 0 heterocycles. The molecule has 2 rings (SSSR count). The van der Waals surface area contributed by atoms with Crippen molar-refractivity contribution in [3.05, 3.63) is 107 Å². The maximum atomic E-state index is 12.3. The average Bonchev–Trinajstić information content (AvgIpc) is 2.78. The van der Waals surface area contributed by atoms with Gasteiger partial charge in [0.25, 0.3) is 0 Å². The highest BCUT2D eigenvalue weighted by molar-refractivity contribution is 6.06. The van der Waals surface area contributed by atoms with E-state index in [-0.39, 0.29) is 5.78 Å². The molecule has 0 aliphatic heterocycles. The Balaban J connectivity index is 1.84. The number of rotatable bonds is 12. The first-order chi connectivity index (χ1) is 15.5. The van der Waals surface area contributed by atoms with Crippen LogP contribution in [0.25, 0.3) is 6.08 Å². The van der Waals surface area contributed by atoms with E-state index in [4.69, 9.17) is 4.74 Å². The third-order valence-corrected chi connectivity index (χ3v) is 5.18. The van der Waals surface area contributed by atoms with E-state index in [1.807, 2.05) is 60.7 Å². The minimum absolute atomic E-state index is 0.0136. The van der Waals surface area contributed by atoms with Gasteiger partial charge in [0.05, 0.1) is 0 Å². The smallest absolute Gasteiger partial charge is 0.185 e. The van der Waals surface area contributed by atoms with Crippen molar-refractivity contribution in [2.45, 2.75) is 53.4 Å². The first-order valence-electron chi connectivity index (χ1n) is 11.4. The standard InChI is InChI=1S/C30H36O2/c1-24(2)12-10-13-25(3)14-11-15-26(4)22-23-32-30-19-9-8-18-28(30)20-21-29(31)27-16-6-5-7-17-27/h5-9,12,14,16-22H,10-11,13,15,23H2,1-4H3/b21-20+,25-14+,26-22+. The Bertz CT molecular complexity index is 971. The van der Waals surface area contributed by atoms with E-state index in [1.165, 1.54) is 16.7 Å². The molecule has 2 aromatic carbocycles. The van der Waals surface area contributed by atoms with E-state index in [0.717, 1.165) is 37.0 Å². The minimum atomic E-state index is -0.0136. The summed E-state index contributed by atoms with van der Waals surface area (Å²) < 4.78 is 5.99. The number of carbonyl (C=O) groups is 1. The molecule has 0 N–H and O–H groups in total. The summed E-state index contributed by atoms with van der Waals surface area (Å²) in [6, 6.07) is 17.1. The lowest BCUT2D eigenvalue weighted by Gasteiger charge is -2.08. The number of carbonyl (C=O) groups excluding carboxylic acids is 1. The number of ketones is 1. The fraction of sp³-hybridized carbons (Fsp3) is 0.300. The summed E-state index contributed by atoms with van der Waals surface area (Å²) in [6.45, 7) is 9.18. The zero-order valence-corrected chi connectivity index (χ0v) is 19.9. The molecule has 0 aromatic heterocycles. The summed E-state index contributed by atoms with van der Waals surface area (Å²) in [5, 5.41) is 0. The van der Waals surface area contributed by atoms with Gasteiger partial charge in [-0.15, -0.1) is 0 Å². The Morgan fingerprint density at radius 2 is 1.41 bits per heavy atom. The number of para-hydroxylation sites is 1. The fourth-order valence-corrected chi connectivity index (χ4v) is 3.23. The van der Waals surface area contributed by atoms with E-state index in [1.54, 1.807) is 6.08 Å². The van der Waals surface area contributed by atoms with Crippen LogP contribution in [0, 0.1) is 0 Å². The number of hydrogen-bond acceptors (Lipinski definition) is 2. The predicted molar refractivity (Wildman–Crippen MR) is 137 cm³/mol. The Labute approximate surface area is 194 Å². The molecule has 0 aliphatic carbocycles. The second kappa shape index (κ2) is 14.0. The van der Waals surface area contributed by atoms with E-state index in [0.29, 0.717) is 12.2 Å². The van der Waals surface area contributed by atoms with Crippen LogP contribution in [0.5, 0.6) is 5.75 Å². The lowest BCUT2D eigenvalue weighted by atomic mass is 10.1. The molecule has 0 saturated heterocycles. The van der Waals surface area contributed by atoms with E-state index < -0.39 is 0 Å². The molecule has 0 amide bonds. The number of allylic oxidation sites excluding steroid dienone is 6. The third-order valence-electron chi connectivity index (χ3n) is 5.18. The van der Waals surface area contributed by atoms with Gasteiger partial charge < -0.3 is 4.74 Å². The molecule has 2 nitrogen and oxygen atoms in total. The van der Waals surface area contributed by atoms with Gasteiger partial charge in [-0.3, -0.25) is 4.79 Å². The molecule has 0 aliphatic rings. The zero-order valence-electron chi connectivity index (χ0n) is 19.9. The van der Waals surface area contributed by atoms with Gasteiger partial charge in [-0.2, -0.15) is 0 Å². The predicted octanol–water partition coefficient (Wildman–Crippen LogP) is 8.38. The Kier molecular flexibility index (Phi) is 11.0. The van der Waals surface area contributed by atoms with E-state index in [9.17, 15) is 4.79 Å². The molecule has 0 fully saturated rings. The van der Waals surface area contributed by atoms with Crippen LogP contribution in [-0.2, 0) is 0 Å². The highest BCUT2D eigenvalue weighted by Crippen LogP contribution is 2.20. The van der Waals surface area contributed by atoms with Crippen LogP contribution in [0.3, 0.4) is 0 Å². The maximum absolute atomic E-state index is 12.3. The Morgan fingerprint density at radius 3 is 2.12 bits per heavy atom. The van der Waals surface area contributed by atoms with Crippen LogP contribution in [0.15, 0.2) is 95.6 Å². The number of hydrogen-bond donors (Lipinski definition) is 0. The molecule has 168 valence electrons. The van der Waals surface area contributed by atoms with Crippen molar-refractivity contribution in [2.75, 3.05) is 6.61 Å². The first-order valence-corrected chi connectivity index (χ1v) is 11.4. The highest BCUT2D eigenvalue weighted by Gasteiger charge is 2.03. The van der Waals surface area contributed by atoms with Crippen molar-refractivity contribution >= 4 is 11.9 Å². The van der Waals surface area contributed by atoms with Crippen LogP contribution in [0.4, 0.5) is 0 Å². The summed E-state index contributed by atoms with van der Waals surface area (Å²) in [5.41, 5.74) is 5.75. The van der Waals surface area contributed by atoms with Gasteiger partial charge in [-0.25, -0.2) is 0 Å². The van der Waals surface area contributed by atoms with Crippen molar-refractivity contribution < 1.29 is 9.53 Å². The molecule has 0 bridgehead atoms. The molecule has 0 atom stereocenters. The Morgan fingerprint density at radius 1 is 0.781 bits per heavy atom. The van der Waals surface area contributed by atoms with Crippen LogP contribution >= 0.6 is 0 Å². The summed E-state index contributed by atoms with van der Waals surface area (Å²) in [6.07, 6.45) is 14.6. The Hall–Kier alpha value is -3.13. The number of benzene rings is 2. The summed E-state index contributed by atoms with van der Waals surface area (Å²) in [7, 11) is 0. The van der Waals surface area contributed by atoms with Crippen LogP contribution < -0.4 is 4.74 Å². The lowest BCUT2D eigenvalue weighted by Crippen LogP contribution is -1.97. The monoisotopic (exact) mass is 428 g/mol.